The van der Waals surface area contributed by atoms with Crippen LogP contribution in [0.1, 0.15) is 33.1 Å². The van der Waals surface area contributed by atoms with Crippen molar-refractivity contribution in [2.24, 2.45) is 5.92 Å². The first kappa shape index (κ1) is 10.3. The third kappa shape index (κ3) is 1.21. The largest absolute Gasteiger partial charge is 0.494 e. The van der Waals surface area contributed by atoms with E-state index in [2.05, 4.69) is 11.9 Å². The lowest BCUT2D eigenvalue weighted by atomic mass is 9.80. The molecule has 3 heteroatoms. The van der Waals surface area contributed by atoms with Crippen molar-refractivity contribution in [1.82, 2.24) is 4.90 Å². The standard InChI is InChI=1S/C13H19NO2/c1-7-8(2)16-11-6-9-4-5-10(14(9)3)12(11)13(7)15/h9-12H,4-6H2,1-3H3/t9-,10+,11+,12-/m1/s1. The predicted octanol–water partition coefficient (Wildman–Crippen LogP) is 1.73. The van der Waals surface area contributed by atoms with E-state index in [-0.39, 0.29) is 12.0 Å². The van der Waals surface area contributed by atoms with Crippen LogP contribution in [0.2, 0.25) is 0 Å². The minimum Gasteiger partial charge on any atom is -0.494 e. The lowest BCUT2D eigenvalue weighted by Gasteiger charge is -2.44. The molecule has 2 bridgehead atoms. The fraction of sp³-hybridized carbons (Fsp3) is 0.769. The van der Waals surface area contributed by atoms with E-state index in [0.717, 1.165) is 24.2 Å². The average Bonchev–Trinajstić information content (AvgIpc) is 2.51. The third-order valence-corrected chi connectivity index (χ3v) is 4.74. The average molecular weight is 221 g/mol. The Hall–Kier alpha value is -0.830. The Kier molecular flexibility index (Phi) is 2.15. The van der Waals surface area contributed by atoms with Crippen LogP contribution < -0.4 is 0 Å². The Morgan fingerprint density at radius 3 is 2.81 bits per heavy atom. The normalized spacial score (nSPS) is 43.3. The molecular weight excluding hydrogens is 202 g/mol. The zero-order chi connectivity index (χ0) is 11.4. The van der Waals surface area contributed by atoms with Crippen LogP contribution in [0.15, 0.2) is 11.3 Å². The van der Waals surface area contributed by atoms with E-state index in [4.69, 9.17) is 4.74 Å². The number of hydrogen-bond donors (Lipinski definition) is 0. The minimum absolute atomic E-state index is 0.0902. The highest BCUT2D eigenvalue weighted by Crippen LogP contribution is 2.43. The van der Waals surface area contributed by atoms with Gasteiger partial charge in [-0.15, -0.1) is 0 Å². The number of Topliss-reactive ketones (excluding diaryl/α,β-unsaturated/α-hetero) is 1. The van der Waals surface area contributed by atoms with Crippen molar-refractivity contribution < 1.29 is 9.53 Å². The first-order valence-corrected chi connectivity index (χ1v) is 6.20. The number of piperidine rings is 1. The second kappa shape index (κ2) is 3.33. The van der Waals surface area contributed by atoms with E-state index in [1.54, 1.807) is 0 Å². The number of carbonyl (C=O) groups excluding carboxylic acids is 1. The number of nitrogens with zero attached hydrogens (tertiary/aromatic N) is 1. The van der Waals surface area contributed by atoms with Crippen molar-refractivity contribution in [3.05, 3.63) is 11.3 Å². The van der Waals surface area contributed by atoms with E-state index >= 15 is 0 Å². The van der Waals surface area contributed by atoms with Gasteiger partial charge in [0.2, 0.25) is 0 Å². The number of hydrogen-bond acceptors (Lipinski definition) is 3. The van der Waals surface area contributed by atoms with E-state index in [9.17, 15) is 4.79 Å². The minimum atomic E-state index is 0.0902. The summed E-state index contributed by atoms with van der Waals surface area (Å²) in [5.74, 6) is 1.26. The molecule has 0 aliphatic carbocycles. The Balaban J connectivity index is 1.98. The van der Waals surface area contributed by atoms with Crippen LogP contribution in [0.3, 0.4) is 0 Å². The number of ether oxygens (including phenoxy) is 1. The molecule has 4 atom stereocenters. The summed E-state index contributed by atoms with van der Waals surface area (Å²) in [5.41, 5.74) is 0.833. The topological polar surface area (TPSA) is 29.5 Å². The van der Waals surface area contributed by atoms with Crippen LogP contribution in [0.25, 0.3) is 0 Å². The molecule has 0 saturated carbocycles. The maximum Gasteiger partial charge on any atom is 0.170 e. The summed E-state index contributed by atoms with van der Waals surface area (Å²) in [7, 11) is 2.16. The van der Waals surface area contributed by atoms with E-state index in [1.807, 2.05) is 13.8 Å². The Bertz CT molecular complexity index is 374. The molecule has 0 aromatic rings. The smallest absolute Gasteiger partial charge is 0.170 e. The van der Waals surface area contributed by atoms with E-state index in [0.29, 0.717) is 17.9 Å². The Morgan fingerprint density at radius 2 is 2.06 bits per heavy atom. The molecule has 3 rings (SSSR count). The van der Waals surface area contributed by atoms with Gasteiger partial charge in [0, 0.05) is 24.1 Å². The fourth-order valence-corrected chi connectivity index (χ4v) is 3.62. The maximum absolute atomic E-state index is 12.3. The van der Waals surface area contributed by atoms with Crippen molar-refractivity contribution in [3.63, 3.8) is 0 Å². The number of ketones is 1. The van der Waals surface area contributed by atoms with Gasteiger partial charge in [-0.05, 0) is 33.7 Å². The van der Waals surface area contributed by atoms with Crippen molar-refractivity contribution in [2.75, 3.05) is 7.05 Å². The SMILES string of the molecule is CC1=C(C)C(=O)[C@H]2[C@H](C[C@H]3CC[C@@H]2N3C)O1. The van der Waals surface area contributed by atoms with Crippen LogP contribution in [0.5, 0.6) is 0 Å². The summed E-state index contributed by atoms with van der Waals surface area (Å²) in [5, 5.41) is 0. The van der Waals surface area contributed by atoms with Crippen LogP contribution in [-0.4, -0.2) is 35.9 Å². The first-order valence-electron chi connectivity index (χ1n) is 6.20. The quantitative estimate of drug-likeness (QED) is 0.624. The van der Waals surface area contributed by atoms with Gasteiger partial charge in [-0.2, -0.15) is 0 Å². The number of rotatable bonds is 0. The molecule has 0 radical (unpaired) electrons. The predicted molar refractivity (Wildman–Crippen MR) is 60.9 cm³/mol. The second-order valence-corrected chi connectivity index (χ2v) is 5.43. The van der Waals surface area contributed by atoms with Gasteiger partial charge in [-0.3, -0.25) is 9.69 Å². The molecule has 2 fully saturated rings. The monoisotopic (exact) mass is 221 g/mol. The molecule has 0 aromatic heterocycles. The molecular formula is C13H19NO2. The van der Waals surface area contributed by atoms with Crippen molar-refractivity contribution in [3.8, 4) is 0 Å². The molecule has 3 nitrogen and oxygen atoms in total. The number of allylic oxidation sites excluding steroid dienone is 2. The van der Waals surface area contributed by atoms with Gasteiger partial charge in [0.1, 0.15) is 6.10 Å². The molecule has 88 valence electrons. The van der Waals surface area contributed by atoms with Gasteiger partial charge in [0.25, 0.3) is 0 Å². The molecule has 0 spiro atoms. The van der Waals surface area contributed by atoms with Crippen molar-refractivity contribution >= 4 is 5.78 Å². The highest BCUT2D eigenvalue weighted by Gasteiger charge is 2.51. The Morgan fingerprint density at radius 1 is 1.31 bits per heavy atom. The fourth-order valence-electron chi connectivity index (χ4n) is 3.62. The summed E-state index contributed by atoms with van der Waals surface area (Å²) in [4.78, 5) is 14.7. The molecule has 0 unspecified atom stereocenters. The van der Waals surface area contributed by atoms with Crippen LogP contribution in [0.4, 0.5) is 0 Å². The molecule has 3 heterocycles. The van der Waals surface area contributed by atoms with Gasteiger partial charge in [-0.1, -0.05) is 0 Å². The van der Waals surface area contributed by atoms with Crippen molar-refractivity contribution in [1.29, 1.82) is 0 Å². The van der Waals surface area contributed by atoms with Crippen LogP contribution in [0, 0.1) is 5.92 Å². The van der Waals surface area contributed by atoms with Crippen LogP contribution >= 0.6 is 0 Å². The summed E-state index contributed by atoms with van der Waals surface area (Å²) in [6.45, 7) is 3.82. The molecule has 3 aliphatic rings. The lowest BCUT2D eigenvalue weighted by molar-refractivity contribution is -0.133. The number of carbonyl (C=O) groups is 1. The van der Waals surface area contributed by atoms with E-state index < -0.39 is 0 Å². The molecule has 2 saturated heterocycles. The summed E-state index contributed by atoms with van der Waals surface area (Å²) < 4.78 is 5.93. The lowest BCUT2D eigenvalue weighted by Crippen LogP contribution is -2.54. The number of fused-ring (bicyclic) bond motifs is 4. The summed E-state index contributed by atoms with van der Waals surface area (Å²) in [6, 6.07) is 1.05. The summed E-state index contributed by atoms with van der Waals surface area (Å²) in [6.07, 6.45) is 3.55. The first-order chi connectivity index (χ1) is 7.59. The van der Waals surface area contributed by atoms with Crippen LogP contribution in [-0.2, 0) is 9.53 Å². The van der Waals surface area contributed by atoms with Gasteiger partial charge < -0.3 is 4.74 Å². The van der Waals surface area contributed by atoms with Gasteiger partial charge in [0.15, 0.2) is 5.78 Å². The highest BCUT2D eigenvalue weighted by atomic mass is 16.5. The zero-order valence-corrected chi connectivity index (χ0v) is 10.2. The van der Waals surface area contributed by atoms with E-state index in [1.165, 1.54) is 6.42 Å². The highest BCUT2D eigenvalue weighted by molar-refractivity contribution is 5.98. The Labute approximate surface area is 96.4 Å². The third-order valence-electron chi connectivity index (χ3n) is 4.74. The van der Waals surface area contributed by atoms with Gasteiger partial charge in [-0.25, -0.2) is 0 Å². The maximum atomic E-state index is 12.3. The molecule has 3 aliphatic heterocycles. The molecule has 0 amide bonds. The molecule has 0 aromatic carbocycles. The molecule has 16 heavy (non-hydrogen) atoms. The summed E-state index contributed by atoms with van der Waals surface area (Å²) >= 11 is 0. The molecule has 0 N–H and O–H groups in total. The van der Waals surface area contributed by atoms with Gasteiger partial charge in [0.05, 0.1) is 11.7 Å². The zero-order valence-electron chi connectivity index (χ0n) is 10.2. The van der Waals surface area contributed by atoms with Gasteiger partial charge >= 0.3 is 0 Å². The second-order valence-electron chi connectivity index (χ2n) is 5.43. The van der Waals surface area contributed by atoms with Crippen molar-refractivity contribution in [2.45, 2.75) is 51.3 Å².